The molecule has 0 saturated heterocycles. The first-order valence-electron chi connectivity index (χ1n) is 11.5. The lowest BCUT2D eigenvalue weighted by atomic mass is 10.1. The van der Waals surface area contributed by atoms with Gasteiger partial charge in [0.1, 0.15) is 17.1 Å². The van der Waals surface area contributed by atoms with Crippen molar-refractivity contribution >= 4 is 34.2 Å². The van der Waals surface area contributed by atoms with Crippen molar-refractivity contribution in [1.82, 2.24) is 14.9 Å². The van der Waals surface area contributed by atoms with Gasteiger partial charge in [-0.1, -0.05) is 24.3 Å². The molecule has 8 heteroatoms. The number of aromatic nitrogens is 2. The molecule has 0 aliphatic carbocycles. The summed E-state index contributed by atoms with van der Waals surface area (Å²) in [6.07, 6.45) is 0. The summed E-state index contributed by atoms with van der Waals surface area (Å²) in [5.74, 6) is 0.632. The first-order chi connectivity index (χ1) is 16.9. The van der Waals surface area contributed by atoms with Crippen LogP contribution in [0.3, 0.4) is 0 Å². The van der Waals surface area contributed by atoms with Crippen molar-refractivity contribution in [2.24, 2.45) is 0 Å². The number of amides is 2. The number of imidazole rings is 1. The molecule has 8 nitrogen and oxygen atoms in total. The Balaban J connectivity index is 1.43. The SMILES string of the molecule is COc1cc(C(=O)N2CCN(C)Cc3ccccc32)ccc1C(=O)Nc1cccc2[nH]c(C)nc12. The normalized spacial score (nSPS) is 13.9. The molecule has 0 bridgehead atoms. The lowest BCUT2D eigenvalue weighted by molar-refractivity contribution is 0.0981. The third-order valence-electron chi connectivity index (χ3n) is 6.25. The molecule has 1 aliphatic rings. The molecule has 0 spiro atoms. The number of nitrogens with one attached hydrogen (secondary N) is 2. The second kappa shape index (κ2) is 9.23. The standard InChI is InChI=1S/C27H27N5O3/c1-17-28-21-8-6-9-22(25(21)29-17)30-26(33)20-12-11-18(15-24(20)35-3)27(34)32-14-13-31(2)16-19-7-4-5-10-23(19)32/h4-12,15H,13-14,16H2,1-3H3,(H,28,29)(H,30,33). The van der Waals surface area contributed by atoms with Crippen molar-refractivity contribution in [2.45, 2.75) is 13.5 Å². The van der Waals surface area contributed by atoms with Crippen LogP contribution in [0.1, 0.15) is 32.1 Å². The fourth-order valence-electron chi connectivity index (χ4n) is 4.49. The molecule has 4 aromatic rings. The highest BCUT2D eigenvalue weighted by atomic mass is 16.5. The van der Waals surface area contributed by atoms with Crippen LogP contribution in [0.4, 0.5) is 11.4 Å². The minimum atomic E-state index is -0.337. The minimum Gasteiger partial charge on any atom is -0.496 e. The van der Waals surface area contributed by atoms with Gasteiger partial charge in [-0.3, -0.25) is 9.59 Å². The number of hydrogen-bond acceptors (Lipinski definition) is 5. The Morgan fingerprint density at radius 2 is 1.89 bits per heavy atom. The van der Waals surface area contributed by atoms with E-state index in [1.165, 1.54) is 7.11 Å². The number of fused-ring (bicyclic) bond motifs is 2. The number of carbonyl (C=O) groups is 2. The van der Waals surface area contributed by atoms with Crippen LogP contribution in [-0.2, 0) is 6.54 Å². The number of para-hydroxylation sites is 2. The van der Waals surface area contributed by atoms with Gasteiger partial charge in [0.2, 0.25) is 0 Å². The molecule has 35 heavy (non-hydrogen) atoms. The van der Waals surface area contributed by atoms with Crippen molar-refractivity contribution in [3.05, 3.63) is 83.2 Å². The topological polar surface area (TPSA) is 90.6 Å². The van der Waals surface area contributed by atoms with Crippen LogP contribution in [0.15, 0.2) is 60.7 Å². The van der Waals surface area contributed by atoms with E-state index in [0.717, 1.165) is 35.7 Å². The molecule has 0 radical (unpaired) electrons. The predicted octanol–water partition coefficient (Wildman–Crippen LogP) is 4.22. The third kappa shape index (κ3) is 4.36. The van der Waals surface area contributed by atoms with Gasteiger partial charge in [-0.05, 0) is 55.9 Å². The van der Waals surface area contributed by atoms with Gasteiger partial charge in [-0.2, -0.15) is 0 Å². The number of methoxy groups -OCH3 is 1. The highest BCUT2D eigenvalue weighted by Gasteiger charge is 2.25. The van der Waals surface area contributed by atoms with E-state index in [0.29, 0.717) is 34.6 Å². The Bertz CT molecular complexity index is 1430. The molecule has 178 valence electrons. The summed E-state index contributed by atoms with van der Waals surface area (Å²) in [4.78, 5) is 38.3. The van der Waals surface area contributed by atoms with Gasteiger partial charge in [0.25, 0.3) is 11.8 Å². The first-order valence-corrected chi connectivity index (χ1v) is 11.5. The molecule has 0 unspecified atom stereocenters. The van der Waals surface area contributed by atoms with Crippen molar-refractivity contribution in [1.29, 1.82) is 0 Å². The predicted molar refractivity (Wildman–Crippen MR) is 136 cm³/mol. The van der Waals surface area contributed by atoms with E-state index in [9.17, 15) is 9.59 Å². The molecule has 5 rings (SSSR count). The summed E-state index contributed by atoms with van der Waals surface area (Å²) >= 11 is 0. The molecular formula is C27H27N5O3. The molecule has 0 atom stereocenters. The summed E-state index contributed by atoms with van der Waals surface area (Å²) in [6.45, 7) is 3.98. The summed E-state index contributed by atoms with van der Waals surface area (Å²) < 4.78 is 5.52. The van der Waals surface area contributed by atoms with Gasteiger partial charge >= 0.3 is 0 Å². The van der Waals surface area contributed by atoms with Crippen molar-refractivity contribution in [3.63, 3.8) is 0 Å². The number of H-pyrrole nitrogens is 1. The Kier molecular flexibility index (Phi) is 5.96. The minimum absolute atomic E-state index is 0.130. The molecule has 3 aromatic carbocycles. The molecule has 2 N–H and O–H groups in total. The average Bonchev–Trinajstić information content (AvgIpc) is 3.16. The van der Waals surface area contributed by atoms with E-state index >= 15 is 0 Å². The smallest absolute Gasteiger partial charge is 0.259 e. The monoisotopic (exact) mass is 469 g/mol. The van der Waals surface area contributed by atoms with Crippen molar-refractivity contribution in [3.8, 4) is 5.75 Å². The molecule has 2 heterocycles. The average molecular weight is 470 g/mol. The lowest BCUT2D eigenvalue weighted by Crippen LogP contribution is -2.35. The number of benzene rings is 3. The van der Waals surface area contributed by atoms with Crippen LogP contribution in [0, 0.1) is 6.92 Å². The van der Waals surface area contributed by atoms with E-state index in [2.05, 4.69) is 20.2 Å². The Labute approximate surface area is 203 Å². The molecular weight excluding hydrogens is 442 g/mol. The number of anilines is 2. The molecule has 2 amide bonds. The summed E-state index contributed by atoms with van der Waals surface area (Å²) in [6, 6.07) is 18.5. The second-order valence-electron chi connectivity index (χ2n) is 8.72. The largest absolute Gasteiger partial charge is 0.496 e. The quantitative estimate of drug-likeness (QED) is 0.467. The summed E-state index contributed by atoms with van der Waals surface area (Å²) in [5.41, 5.74) is 4.94. The van der Waals surface area contributed by atoms with E-state index in [1.54, 1.807) is 29.2 Å². The van der Waals surface area contributed by atoms with Crippen LogP contribution in [0.25, 0.3) is 11.0 Å². The third-order valence-corrected chi connectivity index (χ3v) is 6.25. The first kappa shape index (κ1) is 22.6. The number of aryl methyl sites for hydroxylation is 1. The number of ether oxygens (including phenoxy) is 1. The second-order valence-corrected chi connectivity index (χ2v) is 8.72. The van der Waals surface area contributed by atoms with Crippen LogP contribution >= 0.6 is 0 Å². The zero-order valence-electron chi connectivity index (χ0n) is 20.0. The number of rotatable bonds is 4. The van der Waals surface area contributed by atoms with E-state index in [4.69, 9.17) is 4.74 Å². The zero-order valence-corrected chi connectivity index (χ0v) is 20.0. The number of hydrogen-bond donors (Lipinski definition) is 2. The maximum atomic E-state index is 13.6. The van der Waals surface area contributed by atoms with Gasteiger partial charge in [-0.25, -0.2) is 4.98 Å². The molecule has 1 aromatic heterocycles. The molecule has 1 aliphatic heterocycles. The Morgan fingerprint density at radius 1 is 1.06 bits per heavy atom. The zero-order chi connectivity index (χ0) is 24.5. The van der Waals surface area contributed by atoms with E-state index < -0.39 is 0 Å². The number of aromatic amines is 1. The summed E-state index contributed by atoms with van der Waals surface area (Å²) in [7, 11) is 3.54. The molecule has 0 fully saturated rings. The number of carbonyl (C=O) groups excluding carboxylic acids is 2. The van der Waals surface area contributed by atoms with Gasteiger partial charge in [-0.15, -0.1) is 0 Å². The maximum absolute atomic E-state index is 13.6. The van der Waals surface area contributed by atoms with Crippen LogP contribution in [-0.4, -0.2) is 53.9 Å². The Morgan fingerprint density at radius 3 is 2.71 bits per heavy atom. The van der Waals surface area contributed by atoms with Crippen LogP contribution in [0.2, 0.25) is 0 Å². The number of nitrogens with zero attached hydrogens (tertiary/aromatic N) is 3. The highest BCUT2D eigenvalue weighted by molar-refractivity contribution is 6.11. The van der Waals surface area contributed by atoms with Crippen molar-refractivity contribution in [2.75, 3.05) is 37.5 Å². The fraction of sp³-hybridized carbons (Fsp3) is 0.222. The molecule has 0 saturated carbocycles. The van der Waals surface area contributed by atoms with Gasteiger partial charge in [0.05, 0.1) is 23.9 Å². The van der Waals surface area contributed by atoms with E-state index in [-0.39, 0.29) is 11.8 Å². The highest BCUT2D eigenvalue weighted by Crippen LogP contribution is 2.29. The van der Waals surface area contributed by atoms with Crippen LogP contribution in [0.5, 0.6) is 5.75 Å². The van der Waals surface area contributed by atoms with Crippen LogP contribution < -0.4 is 15.0 Å². The maximum Gasteiger partial charge on any atom is 0.259 e. The van der Waals surface area contributed by atoms with Gasteiger partial charge < -0.3 is 24.8 Å². The van der Waals surface area contributed by atoms with E-state index in [1.807, 2.05) is 50.4 Å². The van der Waals surface area contributed by atoms with Gasteiger partial charge in [0.15, 0.2) is 0 Å². The number of likely N-dealkylation sites (N-methyl/N-ethyl adjacent to an activating group) is 1. The summed E-state index contributed by atoms with van der Waals surface area (Å²) in [5, 5.41) is 2.93. The lowest BCUT2D eigenvalue weighted by Gasteiger charge is -2.23. The fourth-order valence-corrected chi connectivity index (χ4v) is 4.49. The van der Waals surface area contributed by atoms with Crippen molar-refractivity contribution < 1.29 is 14.3 Å². The van der Waals surface area contributed by atoms with Gasteiger partial charge in [0, 0.05) is 30.9 Å². The Hall–Kier alpha value is -4.17.